The molecule has 1 amide bonds. The Morgan fingerprint density at radius 2 is 0.779 bits per heavy atom. The maximum atomic E-state index is 12.9. The van der Waals surface area contributed by atoms with Crippen LogP contribution < -0.4 is 5.32 Å². The number of allylic oxidation sites excluding steroid dienone is 1. The van der Waals surface area contributed by atoms with E-state index in [1.807, 2.05) is 27.2 Å². The number of amides is 1. The number of unbranched alkanes of at least 4 members (excludes halogenated alkanes) is 43. The number of hydrogen-bond acceptors (Lipinski definition) is 5. The molecule has 0 bridgehead atoms. The van der Waals surface area contributed by atoms with E-state index >= 15 is 0 Å². The number of carbonyl (C=O) groups excluding carboxylic acids is 1. The van der Waals surface area contributed by atoms with Gasteiger partial charge in [0, 0.05) is 6.42 Å². The Labute approximate surface area is 424 Å². The first-order valence-electron chi connectivity index (χ1n) is 30.1. The SMILES string of the molecule is CCCCCCCCCC/C=C/C(O)C(COP(=O)(O)OCC[N+](C)(C)C)NC(=O)CCCCCCCCCCCCCCCCCCCCCCCCCCCCCCCCCCCCCC. The number of aliphatic hydroxyl groups is 1. The number of phosphoric ester groups is 1. The second-order valence-corrected chi connectivity index (χ2v) is 23.5. The zero-order valence-electron chi connectivity index (χ0n) is 46.4. The van der Waals surface area contributed by atoms with Crippen molar-refractivity contribution in [1.29, 1.82) is 0 Å². The molecule has 0 aromatic carbocycles. The molecule has 0 aromatic heterocycles. The van der Waals surface area contributed by atoms with Crippen LogP contribution in [0.25, 0.3) is 0 Å². The van der Waals surface area contributed by atoms with Gasteiger partial charge in [0.2, 0.25) is 5.91 Å². The molecule has 0 spiro atoms. The van der Waals surface area contributed by atoms with Crippen molar-refractivity contribution in [2.45, 2.75) is 321 Å². The van der Waals surface area contributed by atoms with Crippen LogP contribution in [-0.2, 0) is 18.4 Å². The second kappa shape index (κ2) is 51.2. The maximum absolute atomic E-state index is 12.9. The lowest BCUT2D eigenvalue weighted by molar-refractivity contribution is -0.870. The van der Waals surface area contributed by atoms with Gasteiger partial charge in [-0.25, -0.2) is 4.57 Å². The van der Waals surface area contributed by atoms with Gasteiger partial charge in [-0.3, -0.25) is 13.8 Å². The predicted molar refractivity (Wildman–Crippen MR) is 295 cm³/mol. The van der Waals surface area contributed by atoms with Gasteiger partial charge in [-0.05, 0) is 19.3 Å². The third-order valence-electron chi connectivity index (χ3n) is 14.0. The van der Waals surface area contributed by atoms with E-state index in [9.17, 15) is 19.4 Å². The average molecular weight is 985 g/mol. The highest BCUT2D eigenvalue weighted by atomic mass is 31.2. The number of rotatable bonds is 56. The van der Waals surface area contributed by atoms with Gasteiger partial charge in [0.25, 0.3) is 0 Å². The average Bonchev–Trinajstić information content (AvgIpc) is 3.30. The lowest BCUT2D eigenvalue weighted by Crippen LogP contribution is -2.45. The number of quaternary nitrogens is 1. The van der Waals surface area contributed by atoms with E-state index in [0.29, 0.717) is 17.4 Å². The minimum atomic E-state index is -4.33. The lowest BCUT2D eigenvalue weighted by Gasteiger charge is -2.25. The van der Waals surface area contributed by atoms with Gasteiger partial charge in [0.15, 0.2) is 0 Å². The largest absolute Gasteiger partial charge is 0.472 e. The Kier molecular flexibility index (Phi) is 50.6. The van der Waals surface area contributed by atoms with Crippen molar-refractivity contribution in [2.24, 2.45) is 0 Å². The minimum Gasteiger partial charge on any atom is -0.387 e. The van der Waals surface area contributed by atoms with E-state index in [-0.39, 0.29) is 19.1 Å². The third kappa shape index (κ3) is 53.0. The highest BCUT2D eigenvalue weighted by Crippen LogP contribution is 2.43. The third-order valence-corrected chi connectivity index (χ3v) is 15.0. The van der Waals surface area contributed by atoms with Crippen LogP contribution in [0.2, 0.25) is 0 Å². The van der Waals surface area contributed by atoms with Gasteiger partial charge in [0.1, 0.15) is 13.2 Å². The predicted octanol–water partition coefficient (Wildman–Crippen LogP) is 18.2. The van der Waals surface area contributed by atoms with Crippen molar-refractivity contribution in [2.75, 3.05) is 40.9 Å². The molecule has 0 saturated carbocycles. The molecule has 0 heterocycles. The first kappa shape index (κ1) is 67.2. The first-order valence-corrected chi connectivity index (χ1v) is 31.6. The molecule has 3 atom stereocenters. The molecule has 68 heavy (non-hydrogen) atoms. The van der Waals surface area contributed by atoms with E-state index < -0.39 is 20.0 Å². The second-order valence-electron chi connectivity index (χ2n) is 22.1. The van der Waals surface area contributed by atoms with Gasteiger partial charge < -0.3 is 19.8 Å². The van der Waals surface area contributed by atoms with Crippen molar-refractivity contribution in [1.82, 2.24) is 5.32 Å². The van der Waals surface area contributed by atoms with Gasteiger partial charge in [-0.15, -0.1) is 0 Å². The topological polar surface area (TPSA) is 105 Å². The molecule has 3 N–H and O–H groups in total. The summed E-state index contributed by atoms with van der Waals surface area (Å²) in [7, 11) is 1.59. The standard InChI is InChI=1S/C59H119N2O6P/c1-6-8-10-12-14-16-18-19-20-21-22-23-24-25-26-27-28-29-30-31-32-33-34-35-36-37-38-39-40-41-42-43-45-47-49-51-53-59(63)60-57(56-67-68(64,65)66-55-54-61(3,4)5)58(62)52-50-48-46-44-17-15-13-11-9-7-2/h50,52,57-58,62H,6-49,51,53-56H2,1-5H3,(H-,60,63,64,65)/p+1/b52-50+. The van der Waals surface area contributed by atoms with Crippen LogP contribution in [0.4, 0.5) is 0 Å². The molecule has 0 fully saturated rings. The number of nitrogens with zero attached hydrogens (tertiary/aromatic N) is 1. The Bertz CT molecular complexity index is 1120. The Morgan fingerprint density at radius 3 is 1.09 bits per heavy atom. The number of hydrogen-bond donors (Lipinski definition) is 3. The van der Waals surface area contributed by atoms with Crippen LogP contribution >= 0.6 is 7.82 Å². The number of phosphoric acid groups is 1. The van der Waals surface area contributed by atoms with E-state index in [1.54, 1.807) is 6.08 Å². The molecule has 9 heteroatoms. The van der Waals surface area contributed by atoms with E-state index in [2.05, 4.69) is 19.2 Å². The molecule has 0 radical (unpaired) electrons. The van der Waals surface area contributed by atoms with Crippen molar-refractivity contribution in [3.8, 4) is 0 Å². The Hall–Kier alpha value is -0.760. The molecule has 0 aliphatic carbocycles. The molecule has 0 aliphatic rings. The summed E-state index contributed by atoms with van der Waals surface area (Å²) in [6, 6.07) is -0.840. The Morgan fingerprint density at radius 1 is 0.485 bits per heavy atom. The fourth-order valence-electron chi connectivity index (χ4n) is 9.28. The fraction of sp³-hybridized carbons (Fsp3) is 0.949. The summed E-state index contributed by atoms with van der Waals surface area (Å²) in [5.41, 5.74) is 0. The highest BCUT2D eigenvalue weighted by molar-refractivity contribution is 7.47. The monoisotopic (exact) mass is 984 g/mol. The van der Waals surface area contributed by atoms with Crippen LogP contribution in [0.5, 0.6) is 0 Å². The van der Waals surface area contributed by atoms with Crippen molar-refractivity contribution in [3.63, 3.8) is 0 Å². The van der Waals surface area contributed by atoms with Crippen LogP contribution in [0.15, 0.2) is 12.2 Å². The zero-order valence-corrected chi connectivity index (χ0v) is 47.3. The summed E-state index contributed by atoms with van der Waals surface area (Å²) in [5.74, 6) is -0.172. The van der Waals surface area contributed by atoms with Crippen LogP contribution in [-0.4, -0.2) is 73.4 Å². The summed E-state index contributed by atoms with van der Waals surface area (Å²) in [5, 5.41) is 13.8. The van der Waals surface area contributed by atoms with Crippen molar-refractivity contribution >= 4 is 13.7 Å². The number of nitrogens with one attached hydrogen (secondary N) is 1. The highest BCUT2D eigenvalue weighted by Gasteiger charge is 2.27. The summed E-state index contributed by atoms with van der Waals surface area (Å²) in [6.45, 7) is 4.83. The van der Waals surface area contributed by atoms with E-state index in [1.165, 1.54) is 250 Å². The van der Waals surface area contributed by atoms with Gasteiger partial charge in [0.05, 0.1) is 39.9 Å². The summed E-state index contributed by atoms with van der Waals surface area (Å²) < 4.78 is 23.6. The van der Waals surface area contributed by atoms with Gasteiger partial charge in [-0.2, -0.15) is 0 Å². The quantitative estimate of drug-likeness (QED) is 0.0243. The number of carbonyl (C=O) groups is 1. The molecule has 8 nitrogen and oxygen atoms in total. The molecule has 0 aromatic rings. The normalized spacial score (nSPS) is 13.9. The zero-order chi connectivity index (χ0) is 49.9. The van der Waals surface area contributed by atoms with E-state index in [4.69, 9.17) is 9.05 Å². The smallest absolute Gasteiger partial charge is 0.387 e. The molecule has 3 unspecified atom stereocenters. The molecule has 0 saturated heterocycles. The van der Waals surface area contributed by atoms with Gasteiger partial charge >= 0.3 is 7.82 Å². The minimum absolute atomic E-state index is 0.0646. The summed E-state index contributed by atoms with van der Waals surface area (Å²) in [6.07, 6.45) is 63.6. The molecular formula is C59H120N2O6P+. The summed E-state index contributed by atoms with van der Waals surface area (Å²) >= 11 is 0. The van der Waals surface area contributed by atoms with Crippen molar-refractivity contribution in [3.05, 3.63) is 12.2 Å². The van der Waals surface area contributed by atoms with Gasteiger partial charge in [-0.1, -0.05) is 296 Å². The first-order chi connectivity index (χ1) is 33.0. The molecule has 0 rings (SSSR count). The maximum Gasteiger partial charge on any atom is 0.472 e. The Balaban J connectivity index is 3.82. The molecule has 406 valence electrons. The fourth-order valence-corrected chi connectivity index (χ4v) is 10.0. The number of likely N-dealkylation sites (N-methyl/N-ethyl adjacent to an activating group) is 1. The van der Waals surface area contributed by atoms with Crippen molar-refractivity contribution < 1.29 is 32.9 Å². The lowest BCUT2D eigenvalue weighted by atomic mass is 10.0. The number of aliphatic hydroxyl groups excluding tert-OH is 1. The molecular weight excluding hydrogens is 864 g/mol. The molecule has 0 aliphatic heterocycles. The van der Waals surface area contributed by atoms with Crippen LogP contribution in [0, 0.1) is 0 Å². The van der Waals surface area contributed by atoms with E-state index in [0.717, 1.165) is 38.5 Å². The van der Waals surface area contributed by atoms with Crippen LogP contribution in [0.3, 0.4) is 0 Å². The van der Waals surface area contributed by atoms with Crippen LogP contribution in [0.1, 0.15) is 309 Å². The summed E-state index contributed by atoms with van der Waals surface area (Å²) in [4.78, 5) is 23.2.